The first-order chi connectivity index (χ1) is 19.8. The predicted octanol–water partition coefficient (Wildman–Crippen LogP) is 10.2. The normalized spacial score (nSPS) is 14.0. The van der Waals surface area contributed by atoms with E-state index in [1.807, 2.05) is 23.5 Å². The minimum absolute atomic E-state index is 0.194. The van der Waals surface area contributed by atoms with Gasteiger partial charge in [0, 0.05) is 44.9 Å². The number of methoxy groups -OCH3 is 1. The van der Waals surface area contributed by atoms with Crippen LogP contribution in [0.15, 0.2) is 34.1 Å². The molecule has 2 N–H and O–H groups in total. The third kappa shape index (κ3) is 10.6. The number of ether oxygens (including phenoxy) is 2. The maximum absolute atomic E-state index is 11.6. The Balaban J connectivity index is 2.55. The zero-order valence-electron chi connectivity index (χ0n) is 29.9. The average Bonchev–Trinajstić information content (AvgIpc) is 2.82. The van der Waals surface area contributed by atoms with Gasteiger partial charge in [-0.15, -0.1) is 23.5 Å². The minimum Gasteiger partial charge on any atom is -0.507 e. The summed E-state index contributed by atoms with van der Waals surface area (Å²) in [6, 6.07) is 8.71. The first-order valence-electron chi connectivity index (χ1n) is 15.6. The van der Waals surface area contributed by atoms with Crippen molar-refractivity contribution in [3.05, 3.63) is 46.5 Å². The number of phenolic OH excluding ortho intramolecular Hbond substituents is 1. The number of benzene rings is 2. The van der Waals surface area contributed by atoms with E-state index in [9.17, 15) is 15.0 Å². The Morgan fingerprint density at radius 1 is 0.705 bits per heavy atom. The first-order valence-corrected chi connectivity index (χ1v) is 17.3. The van der Waals surface area contributed by atoms with Crippen molar-refractivity contribution in [2.75, 3.05) is 7.11 Å². The topological polar surface area (TPSA) is 76.0 Å². The number of aliphatic hydroxyl groups is 1. The molecular weight excluding hydrogens is 589 g/mol. The highest BCUT2D eigenvalue weighted by Crippen LogP contribution is 2.51. The van der Waals surface area contributed by atoms with Crippen LogP contribution in [-0.2, 0) is 31.2 Å². The molecule has 0 aliphatic heterocycles. The minimum atomic E-state index is -1.03. The number of thioether (sulfide) groups is 2. The fourth-order valence-corrected chi connectivity index (χ4v) is 7.61. The number of carbonyl (C=O) groups excluding carboxylic acids is 1. The third-order valence-electron chi connectivity index (χ3n) is 7.42. The number of esters is 1. The second-order valence-electron chi connectivity index (χ2n) is 16.4. The molecule has 0 saturated heterocycles. The molecule has 248 valence electrons. The van der Waals surface area contributed by atoms with Crippen LogP contribution < -0.4 is 4.74 Å². The van der Waals surface area contributed by atoms with Gasteiger partial charge in [0.25, 0.3) is 0 Å². The molecule has 5 nitrogen and oxygen atoms in total. The summed E-state index contributed by atoms with van der Waals surface area (Å²) in [7, 11) is 1.37. The lowest BCUT2D eigenvalue weighted by molar-refractivity contribution is -0.141. The summed E-state index contributed by atoms with van der Waals surface area (Å²) >= 11 is 3.62. The molecule has 0 saturated carbocycles. The molecule has 0 aromatic heterocycles. The maximum atomic E-state index is 11.6. The van der Waals surface area contributed by atoms with Gasteiger partial charge in [-0.1, -0.05) is 83.1 Å². The van der Waals surface area contributed by atoms with Gasteiger partial charge in [0.1, 0.15) is 11.5 Å². The summed E-state index contributed by atoms with van der Waals surface area (Å²) < 4.78 is 10.8. The van der Waals surface area contributed by atoms with Crippen LogP contribution in [0, 0.1) is 0 Å². The zero-order chi connectivity index (χ0) is 34.1. The second-order valence-corrected chi connectivity index (χ2v) is 20.0. The fourth-order valence-electron chi connectivity index (χ4n) is 5.02. The monoisotopic (exact) mass is 646 g/mol. The summed E-state index contributed by atoms with van der Waals surface area (Å²) in [4.78, 5) is 13.8. The van der Waals surface area contributed by atoms with Crippen molar-refractivity contribution in [3.8, 4) is 11.5 Å². The molecule has 1 atom stereocenters. The molecule has 0 aliphatic carbocycles. The molecule has 2 aromatic carbocycles. The average molecular weight is 647 g/mol. The Morgan fingerprint density at radius 3 is 1.41 bits per heavy atom. The Labute approximate surface area is 276 Å². The number of aliphatic hydroxyl groups excluding tert-OH is 1. The predicted molar refractivity (Wildman–Crippen MR) is 188 cm³/mol. The van der Waals surface area contributed by atoms with Crippen molar-refractivity contribution in [1.29, 1.82) is 0 Å². The highest BCUT2D eigenvalue weighted by molar-refractivity contribution is 8.18. The number of aromatic hydroxyl groups is 1. The van der Waals surface area contributed by atoms with Gasteiger partial charge in [-0.3, -0.25) is 4.79 Å². The molecule has 7 heteroatoms. The molecule has 0 heterocycles. The van der Waals surface area contributed by atoms with Crippen LogP contribution in [0.2, 0.25) is 0 Å². The highest BCUT2D eigenvalue weighted by atomic mass is 32.2. The molecule has 1 unspecified atom stereocenters. The van der Waals surface area contributed by atoms with Crippen molar-refractivity contribution >= 4 is 29.5 Å². The van der Waals surface area contributed by atoms with Gasteiger partial charge in [-0.2, -0.15) is 0 Å². The molecule has 0 fully saturated rings. The summed E-state index contributed by atoms with van der Waals surface area (Å²) in [5, 5.41) is 22.1. The lowest BCUT2D eigenvalue weighted by atomic mass is 9.79. The quantitative estimate of drug-likeness (QED) is 0.151. The van der Waals surface area contributed by atoms with Gasteiger partial charge in [-0.05, 0) is 66.2 Å². The van der Waals surface area contributed by atoms with Gasteiger partial charge in [-0.25, -0.2) is 0 Å². The fraction of sp³-hybridized carbons (Fsp3) is 0.649. The summed E-state index contributed by atoms with van der Waals surface area (Å²) in [5.74, 6) is 0.822. The van der Waals surface area contributed by atoms with Crippen molar-refractivity contribution in [3.63, 3.8) is 0 Å². The van der Waals surface area contributed by atoms with Gasteiger partial charge in [0.2, 0.25) is 0 Å². The molecule has 0 spiro atoms. The standard InChI is InChI=1S/C37H58O5S2/c1-33(2,3)25-19-23(20-26(31(25)40)34(4,5)6)43-37(13,14)44-24-21-27(35(7,8)9)32(28(22-24)36(10,11)12)42-30(39)18-16-17-29(38)41-15/h19-22,30,39-40H,16-18H2,1-15H3. The number of phenols is 1. The molecule has 2 rings (SSSR count). The smallest absolute Gasteiger partial charge is 0.305 e. The van der Waals surface area contributed by atoms with E-state index in [1.165, 1.54) is 7.11 Å². The van der Waals surface area contributed by atoms with E-state index in [0.717, 1.165) is 32.0 Å². The number of carbonyl (C=O) groups is 1. The highest BCUT2D eigenvalue weighted by Gasteiger charge is 2.32. The van der Waals surface area contributed by atoms with E-state index in [2.05, 4.69) is 121 Å². The largest absolute Gasteiger partial charge is 0.507 e. The molecule has 0 radical (unpaired) electrons. The van der Waals surface area contributed by atoms with Gasteiger partial charge < -0.3 is 19.7 Å². The lowest BCUT2D eigenvalue weighted by Gasteiger charge is -2.33. The van der Waals surface area contributed by atoms with Crippen molar-refractivity contribution in [2.24, 2.45) is 0 Å². The van der Waals surface area contributed by atoms with Gasteiger partial charge >= 0.3 is 5.97 Å². The molecule has 0 amide bonds. The lowest BCUT2D eigenvalue weighted by Crippen LogP contribution is -2.24. The maximum Gasteiger partial charge on any atom is 0.305 e. The van der Waals surface area contributed by atoms with Crippen LogP contribution in [-0.4, -0.2) is 33.7 Å². The van der Waals surface area contributed by atoms with E-state index in [-0.39, 0.29) is 38.1 Å². The van der Waals surface area contributed by atoms with Crippen molar-refractivity contribution in [1.82, 2.24) is 0 Å². The van der Waals surface area contributed by atoms with E-state index >= 15 is 0 Å². The van der Waals surface area contributed by atoms with E-state index < -0.39 is 6.29 Å². The number of hydrogen-bond donors (Lipinski definition) is 2. The molecule has 2 aromatic rings. The van der Waals surface area contributed by atoms with Crippen LogP contribution in [0.3, 0.4) is 0 Å². The third-order valence-corrected chi connectivity index (χ3v) is 9.84. The summed E-state index contributed by atoms with van der Waals surface area (Å²) in [6.45, 7) is 30.3. The zero-order valence-corrected chi connectivity index (χ0v) is 31.6. The van der Waals surface area contributed by atoms with Crippen molar-refractivity contribution < 1.29 is 24.5 Å². The van der Waals surface area contributed by atoms with Crippen LogP contribution >= 0.6 is 23.5 Å². The van der Waals surface area contributed by atoms with Gasteiger partial charge in [0.15, 0.2) is 6.29 Å². The van der Waals surface area contributed by atoms with E-state index in [0.29, 0.717) is 24.3 Å². The van der Waals surface area contributed by atoms with Gasteiger partial charge in [0.05, 0.1) is 11.2 Å². The van der Waals surface area contributed by atoms with Crippen LogP contribution in [0.1, 0.15) is 138 Å². The Kier molecular flexibility index (Phi) is 12.1. The Hall–Kier alpha value is -1.83. The number of rotatable bonds is 10. The summed E-state index contributed by atoms with van der Waals surface area (Å²) in [6.07, 6.45) is 0.0271. The Morgan fingerprint density at radius 2 is 1.07 bits per heavy atom. The van der Waals surface area contributed by atoms with Crippen LogP contribution in [0.4, 0.5) is 0 Å². The summed E-state index contributed by atoms with van der Waals surface area (Å²) in [5.41, 5.74) is 3.13. The van der Waals surface area contributed by atoms with E-state index in [1.54, 1.807) is 0 Å². The molecule has 44 heavy (non-hydrogen) atoms. The number of hydrogen-bond acceptors (Lipinski definition) is 7. The molecular formula is C37H58O5S2. The molecule has 0 aliphatic rings. The van der Waals surface area contributed by atoms with Crippen LogP contribution in [0.5, 0.6) is 11.5 Å². The molecule has 0 bridgehead atoms. The van der Waals surface area contributed by atoms with E-state index in [4.69, 9.17) is 9.47 Å². The van der Waals surface area contributed by atoms with Crippen molar-refractivity contribution in [2.45, 2.75) is 158 Å². The van der Waals surface area contributed by atoms with Crippen LogP contribution in [0.25, 0.3) is 0 Å². The first kappa shape index (κ1) is 38.4. The SMILES string of the molecule is COC(=O)CCCC(O)Oc1c(C(C)(C)C)cc(SC(C)(C)Sc2cc(C(C)(C)C)c(O)c(C(C)(C)C)c2)cc1C(C)(C)C. The Bertz CT molecular complexity index is 1230. The second kappa shape index (κ2) is 13.9.